The monoisotopic (exact) mass is 512 g/mol. The summed E-state index contributed by atoms with van der Waals surface area (Å²) in [6.07, 6.45) is 0.0977. The number of fused-ring (bicyclic) bond motifs is 2. The van der Waals surface area contributed by atoms with Crippen molar-refractivity contribution < 1.29 is 23.6 Å². The number of nitrogens with zero attached hydrogens (tertiary/aromatic N) is 4. The van der Waals surface area contributed by atoms with Crippen molar-refractivity contribution in [2.75, 3.05) is 7.11 Å². The largest absolute Gasteiger partial charge is 0.471 e. The highest BCUT2D eigenvalue weighted by Crippen LogP contribution is 2.31. The average Bonchev–Trinajstić information content (AvgIpc) is 3.36. The zero-order valence-corrected chi connectivity index (χ0v) is 20.2. The Morgan fingerprint density at radius 1 is 1.13 bits per heavy atom. The van der Waals surface area contributed by atoms with E-state index in [0.717, 1.165) is 10.1 Å². The number of hydrogen-bond acceptors (Lipinski definition) is 9. The van der Waals surface area contributed by atoms with Gasteiger partial charge in [-0.1, -0.05) is 36.4 Å². The van der Waals surface area contributed by atoms with Crippen LogP contribution < -0.4 is 10.3 Å². The Morgan fingerprint density at radius 3 is 2.66 bits per heavy atom. The molecule has 5 aromatic rings. The first-order chi connectivity index (χ1) is 18.4. The number of methoxy groups -OCH3 is 1. The maximum Gasteiger partial charge on any atom is 0.346 e. The number of para-hydroxylation sites is 3. The number of carbonyl (C=O) groups is 1. The quantitative estimate of drug-likeness (QED) is 0.134. The number of aromatic nitrogens is 2. The minimum atomic E-state index is -1.13. The number of esters is 1. The van der Waals surface area contributed by atoms with Crippen LogP contribution in [0.5, 0.6) is 5.75 Å². The van der Waals surface area contributed by atoms with Gasteiger partial charge in [-0.05, 0) is 37.3 Å². The van der Waals surface area contributed by atoms with E-state index < -0.39 is 22.6 Å². The van der Waals surface area contributed by atoms with E-state index in [0.29, 0.717) is 22.2 Å². The van der Waals surface area contributed by atoms with Gasteiger partial charge in [-0.25, -0.2) is 9.78 Å². The first kappa shape index (κ1) is 24.4. The van der Waals surface area contributed by atoms with E-state index in [-0.39, 0.29) is 22.8 Å². The van der Waals surface area contributed by atoms with Crippen LogP contribution in [0.15, 0.2) is 87.1 Å². The van der Waals surface area contributed by atoms with Crippen LogP contribution in [-0.4, -0.2) is 40.0 Å². The van der Waals surface area contributed by atoms with Gasteiger partial charge in [-0.2, -0.15) is 9.78 Å². The number of nitro benzene ring substituents is 1. The summed E-state index contributed by atoms with van der Waals surface area (Å²) in [5.41, 5.74) is 0.354. The predicted octanol–water partition coefficient (Wildman–Crippen LogP) is 4.54. The molecule has 0 bridgehead atoms. The van der Waals surface area contributed by atoms with E-state index in [2.05, 4.69) is 14.8 Å². The molecule has 0 unspecified atom stereocenters. The number of carbonyl (C=O) groups excluding carboxylic acids is 1. The number of benzene rings is 3. The molecule has 0 amide bonds. The summed E-state index contributed by atoms with van der Waals surface area (Å²) in [5, 5.41) is 17.2. The fourth-order valence-electron chi connectivity index (χ4n) is 3.91. The van der Waals surface area contributed by atoms with Crippen LogP contribution in [0.3, 0.4) is 0 Å². The Labute approximate surface area is 214 Å². The molecule has 0 saturated heterocycles. The molecule has 2 aromatic heterocycles. The van der Waals surface area contributed by atoms with Crippen molar-refractivity contribution in [2.45, 2.75) is 13.0 Å². The molecule has 11 nitrogen and oxygen atoms in total. The molecule has 1 atom stereocenters. The lowest BCUT2D eigenvalue weighted by molar-refractivity contribution is -0.386. The van der Waals surface area contributed by atoms with Crippen LogP contribution in [-0.2, 0) is 9.53 Å². The Hall–Kier alpha value is -5.32. The average molecular weight is 512 g/mol. The van der Waals surface area contributed by atoms with Crippen LogP contribution in [0.2, 0.25) is 0 Å². The molecule has 0 fully saturated rings. The van der Waals surface area contributed by atoms with Crippen molar-refractivity contribution in [3.05, 3.63) is 98.8 Å². The van der Waals surface area contributed by atoms with Crippen LogP contribution in [0.25, 0.3) is 33.5 Å². The van der Waals surface area contributed by atoms with Gasteiger partial charge in [0.05, 0.1) is 29.2 Å². The maximum absolute atomic E-state index is 13.5. The van der Waals surface area contributed by atoms with Crippen molar-refractivity contribution in [1.29, 1.82) is 0 Å². The SMILES string of the molecule is COC(=O)[C@@H](C)Oc1c(C=Nn2c(-c3cc4ccccc4o3)nc3ccccc3c2=O)cccc1[N+](=O)[O-]. The Balaban J connectivity index is 1.68. The molecule has 0 spiro atoms. The zero-order chi connectivity index (χ0) is 26.8. The van der Waals surface area contributed by atoms with Crippen molar-refractivity contribution in [1.82, 2.24) is 9.66 Å². The summed E-state index contributed by atoms with van der Waals surface area (Å²) in [6, 6.07) is 20.1. The van der Waals surface area contributed by atoms with Crippen molar-refractivity contribution in [3.63, 3.8) is 0 Å². The van der Waals surface area contributed by atoms with Gasteiger partial charge in [0.1, 0.15) is 5.58 Å². The van der Waals surface area contributed by atoms with Crippen molar-refractivity contribution in [3.8, 4) is 17.3 Å². The van der Waals surface area contributed by atoms with Gasteiger partial charge in [0.2, 0.25) is 11.6 Å². The molecule has 11 heteroatoms. The van der Waals surface area contributed by atoms with E-state index in [1.54, 1.807) is 36.4 Å². The van der Waals surface area contributed by atoms with Gasteiger partial charge >= 0.3 is 11.7 Å². The smallest absolute Gasteiger partial charge is 0.346 e. The highest BCUT2D eigenvalue weighted by Gasteiger charge is 2.24. The standard InChI is InChI=1S/C27H20N4O7/c1-16(27(33)36-2)37-24-18(9-7-12-21(24)31(34)35)15-28-30-25(23-14-17-8-3-6-13-22(17)38-23)29-20-11-5-4-10-19(20)26(30)32/h3-16H,1-2H3/t16-/m1/s1. The Morgan fingerprint density at radius 2 is 1.89 bits per heavy atom. The maximum atomic E-state index is 13.5. The second-order valence-corrected chi connectivity index (χ2v) is 8.20. The number of ether oxygens (including phenoxy) is 2. The third-order valence-electron chi connectivity index (χ3n) is 5.76. The normalized spacial score (nSPS) is 12.2. The first-order valence-corrected chi connectivity index (χ1v) is 11.4. The molecular formula is C27H20N4O7. The van der Waals surface area contributed by atoms with Crippen molar-refractivity contribution in [2.24, 2.45) is 5.10 Å². The second-order valence-electron chi connectivity index (χ2n) is 8.20. The van der Waals surface area contributed by atoms with Crippen molar-refractivity contribution >= 4 is 39.7 Å². The number of furan rings is 1. The third kappa shape index (κ3) is 4.48. The molecule has 0 radical (unpaired) electrons. The summed E-state index contributed by atoms with van der Waals surface area (Å²) >= 11 is 0. The lowest BCUT2D eigenvalue weighted by Gasteiger charge is -2.14. The molecular weight excluding hydrogens is 492 g/mol. The molecule has 5 rings (SSSR count). The molecule has 2 heterocycles. The third-order valence-corrected chi connectivity index (χ3v) is 5.76. The molecule has 0 aliphatic heterocycles. The van der Waals surface area contributed by atoms with Gasteiger partial charge in [0.25, 0.3) is 5.56 Å². The van der Waals surface area contributed by atoms with E-state index >= 15 is 0 Å². The predicted molar refractivity (Wildman–Crippen MR) is 139 cm³/mol. The highest BCUT2D eigenvalue weighted by molar-refractivity contribution is 5.87. The Bertz CT molecular complexity index is 1750. The van der Waals surface area contributed by atoms with Gasteiger partial charge in [-0.15, -0.1) is 0 Å². The van der Waals surface area contributed by atoms with E-state index in [9.17, 15) is 19.7 Å². The van der Waals surface area contributed by atoms with Crippen LogP contribution in [0, 0.1) is 10.1 Å². The fraction of sp³-hybridized carbons (Fsp3) is 0.111. The molecule has 0 saturated carbocycles. The van der Waals surface area contributed by atoms with E-state index in [1.165, 1.54) is 38.4 Å². The summed E-state index contributed by atoms with van der Waals surface area (Å²) in [4.78, 5) is 41.1. The summed E-state index contributed by atoms with van der Waals surface area (Å²) in [5.74, 6) is -0.475. The summed E-state index contributed by atoms with van der Waals surface area (Å²) in [6.45, 7) is 1.40. The first-order valence-electron chi connectivity index (χ1n) is 11.4. The zero-order valence-electron chi connectivity index (χ0n) is 20.2. The number of hydrogen-bond donors (Lipinski definition) is 0. The van der Waals surface area contributed by atoms with Gasteiger partial charge in [-0.3, -0.25) is 14.9 Å². The topological polar surface area (TPSA) is 139 Å². The molecule has 0 N–H and O–H groups in total. The van der Waals surface area contributed by atoms with Gasteiger partial charge < -0.3 is 13.9 Å². The van der Waals surface area contributed by atoms with Crippen LogP contribution in [0.1, 0.15) is 12.5 Å². The Kier molecular flexibility index (Phi) is 6.40. The van der Waals surface area contributed by atoms with Gasteiger partial charge in [0, 0.05) is 17.0 Å². The highest BCUT2D eigenvalue weighted by atomic mass is 16.6. The minimum Gasteiger partial charge on any atom is -0.471 e. The van der Waals surface area contributed by atoms with Crippen LogP contribution >= 0.6 is 0 Å². The molecule has 0 aliphatic carbocycles. The lowest BCUT2D eigenvalue weighted by Crippen LogP contribution is -2.25. The van der Waals surface area contributed by atoms with Gasteiger partial charge in [0.15, 0.2) is 11.9 Å². The summed E-state index contributed by atoms with van der Waals surface area (Å²) < 4.78 is 17.3. The van der Waals surface area contributed by atoms with E-state index in [1.807, 2.05) is 18.2 Å². The second kappa shape index (κ2) is 9.97. The lowest BCUT2D eigenvalue weighted by atomic mass is 10.2. The molecule has 0 aliphatic rings. The molecule has 190 valence electrons. The molecule has 3 aromatic carbocycles. The summed E-state index contributed by atoms with van der Waals surface area (Å²) in [7, 11) is 1.18. The minimum absolute atomic E-state index is 0.136. The molecule has 38 heavy (non-hydrogen) atoms. The fourth-order valence-corrected chi connectivity index (χ4v) is 3.91. The van der Waals surface area contributed by atoms with E-state index in [4.69, 9.17) is 9.15 Å². The number of rotatable bonds is 7. The van der Waals surface area contributed by atoms with Crippen LogP contribution in [0.4, 0.5) is 5.69 Å². The number of nitro groups is 1.